The minimum absolute atomic E-state index is 0.680. The van der Waals surface area contributed by atoms with Gasteiger partial charge in [-0.1, -0.05) is 59.2 Å². The van der Waals surface area contributed by atoms with Crippen molar-refractivity contribution in [2.45, 2.75) is 34.6 Å². The Kier molecular flexibility index (Phi) is 7.53. The average Bonchev–Trinajstić information content (AvgIpc) is 2.50. The standard InChI is InChI=1S/C20H22Cl2O2/c1-12(7-6-8-13(2)11-18(23)24)9-10-17-14(3)19(21)16(5)20(22)15(17)4/h6-11H,1-5H3,(H,23,24)/b8-6+,10-9+,12-7+,13-11+. The van der Waals surface area contributed by atoms with Gasteiger partial charge in [-0.25, -0.2) is 4.79 Å². The second kappa shape index (κ2) is 8.91. The molecule has 0 spiro atoms. The largest absolute Gasteiger partial charge is 0.478 e. The van der Waals surface area contributed by atoms with Gasteiger partial charge in [0.25, 0.3) is 0 Å². The molecule has 0 unspecified atom stereocenters. The molecular formula is C20H22Cl2O2. The number of aliphatic carboxylic acids is 1. The second-order valence-corrected chi connectivity index (χ2v) is 6.50. The van der Waals surface area contributed by atoms with Crippen molar-refractivity contribution in [3.63, 3.8) is 0 Å². The lowest BCUT2D eigenvalue weighted by Crippen LogP contribution is -1.93. The quantitative estimate of drug-likeness (QED) is 0.480. The van der Waals surface area contributed by atoms with Gasteiger partial charge in [0, 0.05) is 16.1 Å². The molecule has 1 N–H and O–H groups in total. The number of rotatable bonds is 5. The first-order valence-corrected chi connectivity index (χ1v) is 8.29. The highest BCUT2D eigenvalue weighted by atomic mass is 35.5. The van der Waals surface area contributed by atoms with Crippen LogP contribution in [0.5, 0.6) is 0 Å². The molecule has 2 nitrogen and oxygen atoms in total. The molecule has 24 heavy (non-hydrogen) atoms. The Morgan fingerprint density at radius 3 is 1.96 bits per heavy atom. The molecule has 0 aliphatic carbocycles. The topological polar surface area (TPSA) is 37.3 Å². The summed E-state index contributed by atoms with van der Waals surface area (Å²) in [5.74, 6) is -0.947. The normalized spacial score (nSPS) is 13.3. The van der Waals surface area contributed by atoms with Crippen molar-refractivity contribution < 1.29 is 9.90 Å². The molecular weight excluding hydrogens is 343 g/mol. The van der Waals surface area contributed by atoms with E-state index < -0.39 is 5.97 Å². The summed E-state index contributed by atoms with van der Waals surface area (Å²) >= 11 is 12.7. The van der Waals surface area contributed by atoms with Crippen LogP contribution in [0.2, 0.25) is 10.0 Å². The van der Waals surface area contributed by atoms with Crippen molar-refractivity contribution in [1.82, 2.24) is 0 Å². The number of hydrogen-bond acceptors (Lipinski definition) is 1. The molecule has 0 atom stereocenters. The van der Waals surface area contributed by atoms with Gasteiger partial charge in [-0.3, -0.25) is 0 Å². The van der Waals surface area contributed by atoms with Crippen LogP contribution in [0.1, 0.15) is 36.1 Å². The summed E-state index contributed by atoms with van der Waals surface area (Å²) in [6.07, 6.45) is 10.6. The van der Waals surface area contributed by atoms with E-state index in [4.69, 9.17) is 28.3 Å². The number of carboxylic acid groups (broad SMARTS) is 1. The predicted molar refractivity (Wildman–Crippen MR) is 104 cm³/mol. The third kappa shape index (κ3) is 5.40. The summed E-state index contributed by atoms with van der Waals surface area (Å²) in [7, 11) is 0. The number of carboxylic acids is 1. The Bertz CT molecular complexity index is 737. The fraction of sp³-hybridized carbons (Fsp3) is 0.250. The van der Waals surface area contributed by atoms with E-state index in [0.29, 0.717) is 15.6 Å². The number of benzene rings is 1. The van der Waals surface area contributed by atoms with Gasteiger partial charge in [-0.15, -0.1) is 0 Å². The summed E-state index contributed by atoms with van der Waals surface area (Å²) in [5.41, 5.74) is 5.66. The first-order chi connectivity index (χ1) is 11.1. The van der Waals surface area contributed by atoms with Gasteiger partial charge in [0.2, 0.25) is 0 Å². The summed E-state index contributed by atoms with van der Waals surface area (Å²) in [5, 5.41) is 10.1. The number of hydrogen-bond donors (Lipinski definition) is 1. The Balaban J connectivity index is 3.04. The molecule has 0 heterocycles. The molecule has 1 aromatic rings. The molecule has 0 radical (unpaired) electrons. The van der Waals surface area contributed by atoms with Crippen LogP contribution in [-0.2, 0) is 4.79 Å². The van der Waals surface area contributed by atoms with Crippen LogP contribution in [0.15, 0.2) is 41.5 Å². The van der Waals surface area contributed by atoms with Crippen LogP contribution >= 0.6 is 23.2 Å². The maximum atomic E-state index is 10.6. The highest BCUT2D eigenvalue weighted by Crippen LogP contribution is 2.34. The van der Waals surface area contributed by atoms with Crippen LogP contribution in [0.25, 0.3) is 6.08 Å². The minimum Gasteiger partial charge on any atom is -0.478 e. The van der Waals surface area contributed by atoms with Crippen molar-refractivity contribution in [1.29, 1.82) is 0 Å². The fourth-order valence-corrected chi connectivity index (χ4v) is 2.73. The summed E-state index contributed by atoms with van der Waals surface area (Å²) in [6.45, 7) is 9.60. The monoisotopic (exact) mass is 364 g/mol. The third-order valence-electron chi connectivity index (χ3n) is 3.71. The Morgan fingerprint density at radius 1 is 0.917 bits per heavy atom. The Labute approximate surface area is 153 Å². The molecule has 128 valence electrons. The smallest absolute Gasteiger partial charge is 0.328 e. The highest BCUT2D eigenvalue weighted by molar-refractivity contribution is 6.37. The van der Waals surface area contributed by atoms with Crippen LogP contribution in [0.3, 0.4) is 0 Å². The first kappa shape index (κ1) is 20.3. The third-order valence-corrected chi connectivity index (χ3v) is 4.84. The van der Waals surface area contributed by atoms with Crippen molar-refractivity contribution in [3.05, 3.63) is 73.8 Å². The molecule has 0 aromatic heterocycles. The fourth-order valence-electron chi connectivity index (χ4n) is 2.29. The van der Waals surface area contributed by atoms with Crippen molar-refractivity contribution in [2.75, 3.05) is 0 Å². The van der Waals surface area contributed by atoms with E-state index in [1.807, 2.05) is 52.0 Å². The minimum atomic E-state index is -0.947. The summed E-state index contributed by atoms with van der Waals surface area (Å²) in [6, 6.07) is 0. The van der Waals surface area contributed by atoms with Crippen LogP contribution < -0.4 is 0 Å². The summed E-state index contributed by atoms with van der Waals surface area (Å²) in [4.78, 5) is 10.6. The SMILES string of the molecule is CC(/C=C/c1c(C)c(Cl)c(C)c(Cl)c1C)=C\C=C\C(C)=C\C(=O)O. The lowest BCUT2D eigenvalue weighted by atomic mass is 9.98. The predicted octanol–water partition coefficient (Wildman–Crippen LogP) is 6.47. The molecule has 0 aliphatic heterocycles. The van der Waals surface area contributed by atoms with E-state index >= 15 is 0 Å². The highest BCUT2D eigenvalue weighted by Gasteiger charge is 2.12. The summed E-state index contributed by atoms with van der Waals surface area (Å²) < 4.78 is 0. The van der Waals surface area contributed by atoms with Crippen molar-refractivity contribution in [2.24, 2.45) is 0 Å². The van der Waals surface area contributed by atoms with E-state index in [0.717, 1.165) is 27.8 Å². The van der Waals surface area contributed by atoms with Gasteiger partial charge < -0.3 is 5.11 Å². The maximum absolute atomic E-state index is 10.6. The zero-order valence-corrected chi connectivity index (χ0v) is 16.1. The van der Waals surface area contributed by atoms with E-state index in [2.05, 4.69) is 0 Å². The zero-order valence-electron chi connectivity index (χ0n) is 14.6. The lowest BCUT2D eigenvalue weighted by Gasteiger charge is -2.13. The molecule has 0 bridgehead atoms. The first-order valence-electron chi connectivity index (χ1n) is 7.54. The second-order valence-electron chi connectivity index (χ2n) is 5.75. The molecule has 0 saturated heterocycles. The van der Waals surface area contributed by atoms with Crippen molar-refractivity contribution in [3.8, 4) is 0 Å². The van der Waals surface area contributed by atoms with Crippen LogP contribution in [-0.4, -0.2) is 11.1 Å². The zero-order chi connectivity index (χ0) is 18.4. The molecule has 0 saturated carbocycles. The van der Waals surface area contributed by atoms with Gasteiger partial charge in [0.1, 0.15) is 0 Å². The molecule has 4 heteroatoms. The lowest BCUT2D eigenvalue weighted by molar-refractivity contribution is -0.131. The van der Waals surface area contributed by atoms with Crippen molar-refractivity contribution >= 4 is 35.2 Å². The van der Waals surface area contributed by atoms with E-state index in [-0.39, 0.29) is 0 Å². The van der Waals surface area contributed by atoms with Crippen LogP contribution in [0, 0.1) is 20.8 Å². The van der Waals surface area contributed by atoms with Gasteiger partial charge in [-0.2, -0.15) is 0 Å². The molecule has 0 aliphatic rings. The maximum Gasteiger partial charge on any atom is 0.328 e. The van der Waals surface area contributed by atoms with E-state index in [1.165, 1.54) is 6.08 Å². The Morgan fingerprint density at radius 2 is 1.46 bits per heavy atom. The van der Waals surface area contributed by atoms with E-state index in [1.54, 1.807) is 13.0 Å². The molecule has 1 aromatic carbocycles. The van der Waals surface area contributed by atoms with Gasteiger partial charge in [0.15, 0.2) is 0 Å². The van der Waals surface area contributed by atoms with Crippen LogP contribution in [0.4, 0.5) is 0 Å². The molecule has 0 fully saturated rings. The number of carbonyl (C=O) groups is 1. The van der Waals surface area contributed by atoms with Gasteiger partial charge >= 0.3 is 5.97 Å². The Hall–Kier alpha value is -1.77. The van der Waals surface area contributed by atoms with Gasteiger partial charge in [0.05, 0.1) is 0 Å². The number of allylic oxidation sites excluding steroid dienone is 6. The average molecular weight is 365 g/mol. The molecule has 0 amide bonds. The van der Waals surface area contributed by atoms with E-state index in [9.17, 15) is 4.79 Å². The van der Waals surface area contributed by atoms with Gasteiger partial charge in [-0.05, 0) is 62.4 Å². The molecule has 1 rings (SSSR count). The number of halogens is 2.